The van der Waals surface area contributed by atoms with Crippen LogP contribution in [0.15, 0.2) is 75.6 Å². The summed E-state index contributed by atoms with van der Waals surface area (Å²) in [4.78, 5) is 26.5. The van der Waals surface area contributed by atoms with Gasteiger partial charge in [-0.25, -0.2) is 15.0 Å². The molecule has 0 aliphatic rings. The lowest BCUT2D eigenvalue weighted by atomic mass is 10.1. The number of phenolic OH excluding ortho intramolecular Hbond substituents is 1. The summed E-state index contributed by atoms with van der Waals surface area (Å²) >= 11 is 8.88. The van der Waals surface area contributed by atoms with E-state index in [4.69, 9.17) is 0 Å². The van der Waals surface area contributed by atoms with Crippen molar-refractivity contribution in [2.24, 2.45) is 5.18 Å². The second kappa shape index (κ2) is 8.25. The Morgan fingerprint density at radius 1 is 0.800 bits per heavy atom. The zero-order valence-corrected chi connectivity index (χ0v) is 17.6. The molecule has 8 heteroatoms. The number of aromatic nitrogens is 3. The van der Waals surface area contributed by atoms with Crippen molar-refractivity contribution in [3.8, 4) is 39.9 Å². The maximum absolute atomic E-state index is 11.3. The molecule has 0 saturated carbocycles. The first kappa shape index (κ1) is 20.1. The van der Waals surface area contributed by atoms with Gasteiger partial charge in [-0.2, -0.15) is 0 Å². The number of rotatable bonds is 4. The van der Waals surface area contributed by atoms with E-state index in [1.165, 1.54) is 12.1 Å². The molecule has 1 heterocycles. The Labute approximate surface area is 183 Å². The summed E-state index contributed by atoms with van der Waals surface area (Å²) in [7, 11) is 0. The zero-order chi connectivity index (χ0) is 21.3. The van der Waals surface area contributed by atoms with E-state index in [2.05, 4.69) is 45.4 Å². The molecule has 0 bridgehead atoms. The Bertz CT molecular complexity index is 1260. The molecule has 0 fully saturated rings. The van der Waals surface area contributed by atoms with Crippen molar-refractivity contribution in [2.75, 3.05) is 0 Å². The van der Waals surface area contributed by atoms with Crippen LogP contribution in [0.25, 0.3) is 34.2 Å². The van der Waals surface area contributed by atoms with Gasteiger partial charge in [0.2, 0.25) is 0 Å². The van der Waals surface area contributed by atoms with Gasteiger partial charge in [0.25, 0.3) is 0 Å². The monoisotopic (exact) mass is 432 g/mol. The third-order valence-electron chi connectivity index (χ3n) is 4.49. The van der Waals surface area contributed by atoms with Gasteiger partial charge in [0, 0.05) is 32.5 Å². The predicted octanol–water partition coefficient (Wildman–Crippen LogP) is 5.86. The molecule has 0 amide bonds. The number of phenols is 1. The summed E-state index contributed by atoms with van der Waals surface area (Å²) in [6, 6.07) is 17.5. The first-order chi connectivity index (χ1) is 14.4. The third-order valence-corrected chi connectivity index (χ3v) is 5.14. The van der Waals surface area contributed by atoms with Crippen molar-refractivity contribution in [1.82, 2.24) is 15.0 Å². The molecule has 0 aliphatic heterocycles. The molecule has 3 aromatic carbocycles. The van der Waals surface area contributed by atoms with Crippen LogP contribution in [0.4, 0.5) is 5.69 Å². The molecule has 148 valence electrons. The second-order valence-corrected chi connectivity index (χ2v) is 7.66. The van der Waals surface area contributed by atoms with E-state index in [0.717, 1.165) is 16.0 Å². The van der Waals surface area contributed by atoms with Crippen molar-refractivity contribution < 1.29 is 5.11 Å². The van der Waals surface area contributed by atoms with Crippen LogP contribution in [0, 0.1) is 11.8 Å². The summed E-state index contributed by atoms with van der Waals surface area (Å²) in [6.07, 6.45) is 0. The average molecular weight is 433 g/mol. The lowest BCUT2D eigenvalue weighted by molar-refractivity contribution is 0.475. The number of nitrogens with zero attached hydrogens (tertiary/aromatic N) is 4. The number of hydrogen-bond acceptors (Lipinski definition) is 8. The molecule has 0 atom stereocenters. The quantitative estimate of drug-likeness (QED) is 0.278. The van der Waals surface area contributed by atoms with Crippen molar-refractivity contribution in [3.05, 3.63) is 71.1 Å². The summed E-state index contributed by atoms with van der Waals surface area (Å²) in [6.45, 7) is 2.00. The van der Waals surface area contributed by atoms with E-state index in [0.29, 0.717) is 27.7 Å². The van der Waals surface area contributed by atoms with E-state index < -0.39 is 0 Å². The molecule has 4 aromatic rings. The number of hydrogen-bond donors (Lipinski definition) is 3. The zero-order valence-electron chi connectivity index (χ0n) is 15.8. The van der Waals surface area contributed by atoms with Crippen LogP contribution in [-0.4, -0.2) is 20.1 Å². The Hall–Kier alpha value is -3.23. The first-order valence-corrected chi connectivity index (χ1v) is 9.86. The van der Waals surface area contributed by atoms with Crippen molar-refractivity contribution >= 4 is 30.9 Å². The summed E-state index contributed by atoms with van der Waals surface area (Å²) in [5, 5.41) is 12.7. The van der Waals surface area contributed by atoms with Crippen LogP contribution in [0.2, 0.25) is 0 Å². The minimum Gasteiger partial charge on any atom is -0.508 e. The van der Waals surface area contributed by atoms with E-state index in [1.54, 1.807) is 12.1 Å². The molecule has 1 N–H and O–H groups in total. The van der Waals surface area contributed by atoms with Gasteiger partial charge in [-0.3, -0.25) is 0 Å². The molecule has 4 rings (SSSR count). The van der Waals surface area contributed by atoms with Gasteiger partial charge in [0.1, 0.15) is 11.4 Å². The van der Waals surface area contributed by atoms with Gasteiger partial charge in [-0.05, 0) is 42.4 Å². The number of aromatic hydroxyl groups is 1. The highest BCUT2D eigenvalue weighted by Gasteiger charge is 2.17. The largest absolute Gasteiger partial charge is 0.508 e. The number of thiol groups is 2. The van der Waals surface area contributed by atoms with Crippen LogP contribution in [0.1, 0.15) is 5.56 Å². The van der Waals surface area contributed by atoms with Crippen LogP contribution < -0.4 is 0 Å². The van der Waals surface area contributed by atoms with E-state index >= 15 is 0 Å². The van der Waals surface area contributed by atoms with Gasteiger partial charge in [-0.15, -0.1) is 30.2 Å². The number of benzene rings is 3. The molecule has 1 aromatic heterocycles. The molecular weight excluding hydrogens is 416 g/mol. The first-order valence-electron chi connectivity index (χ1n) is 8.97. The highest BCUT2D eigenvalue weighted by molar-refractivity contribution is 7.81. The minimum absolute atomic E-state index is 0.0406. The van der Waals surface area contributed by atoms with Crippen LogP contribution in [0.3, 0.4) is 0 Å². The standard InChI is InChI=1S/C22H16N4O2S2/c1-12-2-4-13(5-3-12)20-23-21(16-8-6-14(27)10-18(16)26-28)25-22(24-20)17-9-7-15(29)11-19(17)30/h2-11,27,29-30H,1H3. The van der Waals surface area contributed by atoms with Crippen molar-refractivity contribution in [2.45, 2.75) is 16.7 Å². The SMILES string of the molecule is Cc1ccc(-c2nc(-c3ccc(S)cc3S)nc(-c3ccc(O)cc3N=O)n2)cc1. The van der Waals surface area contributed by atoms with Crippen molar-refractivity contribution in [3.63, 3.8) is 0 Å². The van der Waals surface area contributed by atoms with Gasteiger partial charge in [-0.1, -0.05) is 29.8 Å². The predicted molar refractivity (Wildman–Crippen MR) is 122 cm³/mol. The lowest BCUT2D eigenvalue weighted by Crippen LogP contribution is -2.01. The summed E-state index contributed by atoms with van der Waals surface area (Å²) in [5.41, 5.74) is 3.05. The molecule has 30 heavy (non-hydrogen) atoms. The van der Waals surface area contributed by atoms with Gasteiger partial charge >= 0.3 is 0 Å². The maximum atomic E-state index is 11.3. The van der Waals surface area contributed by atoms with Crippen LogP contribution in [-0.2, 0) is 0 Å². The minimum atomic E-state index is -0.0663. The smallest absolute Gasteiger partial charge is 0.166 e. The van der Waals surface area contributed by atoms with Gasteiger partial charge in [0.15, 0.2) is 17.5 Å². The Balaban J connectivity index is 1.97. The molecule has 6 nitrogen and oxygen atoms in total. The molecule has 0 saturated heterocycles. The fourth-order valence-electron chi connectivity index (χ4n) is 2.94. The molecule has 0 aliphatic carbocycles. The van der Waals surface area contributed by atoms with Crippen molar-refractivity contribution in [1.29, 1.82) is 0 Å². The van der Waals surface area contributed by atoms with E-state index in [9.17, 15) is 10.0 Å². The Morgan fingerprint density at radius 3 is 2.10 bits per heavy atom. The van der Waals surface area contributed by atoms with Gasteiger partial charge < -0.3 is 5.11 Å². The van der Waals surface area contributed by atoms with E-state index in [-0.39, 0.29) is 17.3 Å². The Morgan fingerprint density at radius 2 is 1.43 bits per heavy atom. The van der Waals surface area contributed by atoms with E-state index in [1.807, 2.05) is 43.3 Å². The third kappa shape index (κ3) is 4.05. The number of nitroso groups, excluding NO2 is 1. The molecule has 0 unspecified atom stereocenters. The normalized spacial score (nSPS) is 10.8. The van der Waals surface area contributed by atoms with Crippen LogP contribution in [0.5, 0.6) is 5.75 Å². The topological polar surface area (TPSA) is 88.3 Å². The Kier molecular flexibility index (Phi) is 5.52. The summed E-state index contributed by atoms with van der Waals surface area (Å²) in [5.74, 6) is 1.05. The molecule has 0 spiro atoms. The molecular formula is C22H16N4O2S2. The highest BCUT2D eigenvalue weighted by atomic mass is 32.1. The average Bonchev–Trinajstić information content (AvgIpc) is 2.73. The van der Waals surface area contributed by atoms with Crippen LogP contribution >= 0.6 is 25.3 Å². The summed E-state index contributed by atoms with van der Waals surface area (Å²) < 4.78 is 0. The molecule has 0 radical (unpaired) electrons. The number of aryl methyl sites for hydroxylation is 1. The fraction of sp³-hybridized carbons (Fsp3) is 0.0455. The lowest BCUT2D eigenvalue weighted by Gasteiger charge is -2.11. The highest BCUT2D eigenvalue weighted by Crippen LogP contribution is 2.34. The fourth-order valence-corrected chi connectivity index (χ4v) is 3.56. The second-order valence-electron chi connectivity index (χ2n) is 6.67. The van der Waals surface area contributed by atoms with Gasteiger partial charge in [0.05, 0.1) is 0 Å². The maximum Gasteiger partial charge on any atom is 0.166 e.